The molecule has 1 aliphatic heterocycles. The summed E-state index contributed by atoms with van der Waals surface area (Å²) in [5.74, 6) is 7.48. The second-order valence-corrected chi connectivity index (χ2v) is 11.2. The highest BCUT2D eigenvalue weighted by Gasteiger charge is 2.37. The minimum atomic E-state index is -3.80. The number of rotatable bonds is 5. The molecule has 0 amide bonds. The lowest BCUT2D eigenvalue weighted by molar-refractivity contribution is 0.0812. The van der Waals surface area contributed by atoms with Gasteiger partial charge >= 0.3 is 0 Å². The fraction of sp³-hybridized carbons (Fsp3) is 0.667. The van der Waals surface area contributed by atoms with Crippen molar-refractivity contribution < 1.29 is 18.3 Å². The largest absolute Gasteiger partial charge is 0.487 e. The summed E-state index contributed by atoms with van der Waals surface area (Å²) in [7, 11) is 0.153. The summed E-state index contributed by atoms with van der Waals surface area (Å²) in [5, 5.41) is 9.69. The van der Waals surface area contributed by atoms with Crippen LogP contribution in [-0.4, -0.2) is 68.7 Å². The molecule has 2 aliphatic rings. The average molecular weight is 449 g/mol. The molecule has 3 atom stereocenters. The Bertz CT molecular complexity index is 913. The molecular formula is C24H36N2O4S. The Labute approximate surface area is 187 Å². The van der Waals surface area contributed by atoms with Crippen LogP contribution in [0, 0.1) is 23.7 Å². The van der Waals surface area contributed by atoms with E-state index in [1.54, 1.807) is 25.1 Å². The Kier molecular flexibility index (Phi) is 8.03. The summed E-state index contributed by atoms with van der Waals surface area (Å²) in [4.78, 5) is 2.19. The van der Waals surface area contributed by atoms with E-state index in [2.05, 4.69) is 11.8 Å². The summed E-state index contributed by atoms with van der Waals surface area (Å²) in [6.45, 7) is 4.46. The maximum Gasteiger partial charge on any atom is 0.247 e. The number of benzene rings is 1. The first-order chi connectivity index (χ1) is 14.7. The molecule has 1 heterocycles. The van der Waals surface area contributed by atoms with Gasteiger partial charge in [-0.05, 0) is 58.0 Å². The van der Waals surface area contributed by atoms with Crippen molar-refractivity contribution in [3.63, 3.8) is 0 Å². The van der Waals surface area contributed by atoms with E-state index in [1.165, 1.54) is 30.0 Å². The Morgan fingerprint density at radius 3 is 2.65 bits per heavy atom. The van der Waals surface area contributed by atoms with Gasteiger partial charge in [-0.3, -0.25) is 0 Å². The standard InChI is InChI=1S/C24H36N2O4S/c1-18-15-26(19(2)17-27)31(28,29)24-13-12-21(11-7-10-20-8-5-6-9-20)14-22(24)30-23(18)16-25(3)4/h12-14,18-20,23,27H,5-6,8-10,15-17H2,1-4H3/t18-,19-,23-/m1/s1. The van der Waals surface area contributed by atoms with Crippen molar-refractivity contribution in [1.82, 2.24) is 9.21 Å². The van der Waals surface area contributed by atoms with Crippen LogP contribution in [0.3, 0.4) is 0 Å². The van der Waals surface area contributed by atoms with Crippen LogP contribution in [0.1, 0.15) is 51.5 Å². The number of fused-ring (bicyclic) bond motifs is 1. The van der Waals surface area contributed by atoms with Gasteiger partial charge in [0.2, 0.25) is 10.0 Å². The lowest BCUT2D eigenvalue weighted by Crippen LogP contribution is -2.49. The number of hydrogen-bond acceptors (Lipinski definition) is 5. The number of hydrogen-bond donors (Lipinski definition) is 1. The van der Waals surface area contributed by atoms with Gasteiger partial charge < -0.3 is 14.7 Å². The highest BCUT2D eigenvalue weighted by Crippen LogP contribution is 2.34. The molecular weight excluding hydrogens is 412 g/mol. The maximum absolute atomic E-state index is 13.4. The SMILES string of the molecule is C[C@@H]1CN([C@H](C)CO)S(=O)(=O)c2ccc(C#CCC3CCCC3)cc2O[C@@H]1CN(C)C. The zero-order valence-electron chi connectivity index (χ0n) is 19.2. The molecule has 1 fully saturated rings. The molecule has 0 unspecified atom stereocenters. The topological polar surface area (TPSA) is 70.1 Å². The van der Waals surface area contributed by atoms with E-state index < -0.39 is 16.1 Å². The number of aliphatic hydroxyl groups is 1. The highest BCUT2D eigenvalue weighted by molar-refractivity contribution is 7.89. The monoisotopic (exact) mass is 448 g/mol. The van der Waals surface area contributed by atoms with Gasteiger partial charge in [0.15, 0.2) is 0 Å². The van der Waals surface area contributed by atoms with Crippen LogP contribution in [0.25, 0.3) is 0 Å². The first-order valence-corrected chi connectivity index (χ1v) is 12.7. The zero-order valence-corrected chi connectivity index (χ0v) is 20.0. The first kappa shape index (κ1) is 24.1. The van der Waals surface area contributed by atoms with Crippen LogP contribution in [0.4, 0.5) is 0 Å². The summed E-state index contributed by atoms with van der Waals surface area (Å²) in [6, 6.07) is 4.61. The van der Waals surface area contributed by atoms with Gasteiger partial charge in [-0.1, -0.05) is 31.6 Å². The predicted molar refractivity (Wildman–Crippen MR) is 122 cm³/mol. The predicted octanol–water partition coefficient (Wildman–Crippen LogP) is 2.95. The van der Waals surface area contributed by atoms with Gasteiger partial charge in [-0.2, -0.15) is 4.31 Å². The quantitative estimate of drug-likeness (QED) is 0.702. The molecule has 0 aromatic heterocycles. The average Bonchev–Trinajstić information content (AvgIpc) is 3.23. The van der Waals surface area contributed by atoms with Crippen LogP contribution >= 0.6 is 0 Å². The van der Waals surface area contributed by atoms with Crippen molar-refractivity contribution in [3.05, 3.63) is 23.8 Å². The van der Waals surface area contributed by atoms with Crippen LogP contribution < -0.4 is 4.74 Å². The van der Waals surface area contributed by atoms with Gasteiger partial charge in [-0.25, -0.2) is 8.42 Å². The first-order valence-electron chi connectivity index (χ1n) is 11.3. The molecule has 172 valence electrons. The molecule has 1 aromatic rings. The molecule has 7 heteroatoms. The van der Waals surface area contributed by atoms with Crippen molar-refractivity contribution in [1.29, 1.82) is 0 Å². The molecule has 0 radical (unpaired) electrons. The van der Waals surface area contributed by atoms with E-state index >= 15 is 0 Å². The summed E-state index contributed by atoms with van der Waals surface area (Å²) < 4.78 is 34.6. The minimum Gasteiger partial charge on any atom is -0.487 e. The van der Waals surface area contributed by atoms with E-state index in [0.717, 1.165) is 12.0 Å². The molecule has 0 bridgehead atoms. The van der Waals surface area contributed by atoms with Gasteiger partial charge in [0.05, 0.1) is 6.61 Å². The van der Waals surface area contributed by atoms with E-state index in [-0.39, 0.29) is 23.5 Å². The smallest absolute Gasteiger partial charge is 0.247 e. The number of likely N-dealkylation sites (N-methyl/N-ethyl adjacent to an activating group) is 1. The fourth-order valence-corrected chi connectivity index (χ4v) is 6.22. The zero-order chi connectivity index (χ0) is 22.6. The number of aliphatic hydroxyl groups excluding tert-OH is 1. The van der Waals surface area contributed by atoms with Crippen molar-refractivity contribution >= 4 is 10.0 Å². The molecule has 1 aromatic carbocycles. The summed E-state index contributed by atoms with van der Waals surface area (Å²) in [6.07, 6.45) is 5.81. The summed E-state index contributed by atoms with van der Waals surface area (Å²) >= 11 is 0. The third-order valence-corrected chi connectivity index (χ3v) is 8.33. The summed E-state index contributed by atoms with van der Waals surface area (Å²) in [5.41, 5.74) is 0.769. The van der Waals surface area contributed by atoms with Gasteiger partial charge in [0, 0.05) is 37.0 Å². The lowest BCUT2D eigenvalue weighted by Gasteiger charge is -2.37. The van der Waals surface area contributed by atoms with Crippen LogP contribution in [0.15, 0.2) is 23.1 Å². The second-order valence-electron chi connectivity index (χ2n) is 9.32. The second kappa shape index (κ2) is 10.4. The Balaban J connectivity index is 1.97. The van der Waals surface area contributed by atoms with Crippen molar-refractivity contribution in [3.8, 4) is 17.6 Å². The molecule has 1 saturated carbocycles. The third-order valence-electron chi connectivity index (χ3n) is 6.31. The van der Waals surface area contributed by atoms with Crippen molar-refractivity contribution in [2.75, 3.05) is 33.8 Å². The Hall–Kier alpha value is -1.59. The molecule has 3 rings (SSSR count). The number of ether oxygens (including phenoxy) is 1. The van der Waals surface area contributed by atoms with Crippen molar-refractivity contribution in [2.24, 2.45) is 11.8 Å². The molecule has 1 N–H and O–H groups in total. The van der Waals surface area contributed by atoms with E-state index in [9.17, 15) is 13.5 Å². The van der Waals surface area contributed by atoms with E-state index in [1.807, 2.05) is 25.9 Å². The normalized spacial score (nSPS) is 25.1. The molecule has 1 aliphatic carbocycles. The lowest BCUT2D eigenvalue weighted by atomic mass is 10.0. The van der Waals surface area contributed by atoms with Crippen molar-refractivity contribution in [2.45, 2.75) is 63.0 Å². The third kappa shape index (κ3) is 5.81. The van der Waals surface area contributed by atoms with Gasteiger partial charge in [-0.15, -0.1) is 0 Å². The Morgan fingerprint density at radius 2 is 2.00 bits per heavy atom. The molecule has 0 saturated heterocycles. The fourth-order valence-electron chi connectivity index (χ4n) is 4.39. The van der Waals surface area contributed by atoms with E-state index in [0.29, 0.717) is 24.8 Å². The highest BCUT2D eigenvalue weighted by atomic mass is 32.2. The maximum atomic E-state index is 13.4. The molecule has 6 nitrogen and oxygen atoms in total. The number of sulfonamides is 1. The Morgan fingerprint density at radius 1 is 1.29 bits per heavy atom. The van der Waals surface area contributed by atoms with Crippen LogP contribution in [-0.2, 0) is 10.0 Å². The number of nitrogens with zero attached hydrogens (tertiary/aromatic N) is 2. The van der Waals surface area contributed by atoms with Gasteiger partial charge in [0.1, 0.15) is 16.7 Å². The van der Waals surface area contributed by atoms with Crippen LogP contribution in [0.5, 0.6) is 5.75 Å². The molecule has 31 heavy (non-hydrogen) atoms. The van der Waals surface area contributed by atoms with E-state index in [4.69, 9.17) is 4.74 Å². The minimum absolute atomic E-state index is 0.0450. The van der Waals surface area contributed by atoms with Crippen LogP contribution in [0.2, 0.25) is 0 Å². The van der Waals surface area contributed by atoms with Gasteiger partial charge in [0.25, 0.3) is 0 Å². The molecule has 0 spiro atoms.